The molecule has 1 amide bonds. The average Bonchev–Trinajstić information content (AvgIpc) is 2.60. The van der Waals surface area contributed by atoms with Crippen LogP contribution < -0.4 is 5.32 Å². The van der Waals surface area contributed by atoms with Gasteiger partial charge in [0.2, 0.25) is 5.91 Å². The summed E-state index contributed by atoms with van der Waals surface area (Å²) in [6.45, 7) is 4.33. The Balaban J connectivity index is 1.63. The van der Waals surface area contributed by atoms with Crippen LogP contribution in [0.25, 0.3) is 10.8 Å². The average molecular weight is 317 g/mol. The highest BCUT2D eigenvalue weighted by Crippen LogP contribution is 2.20. The fourth-order valence-electron chi connectivity index (χ4n) is 2.93. The third-order valence-electron chi connectivity index (χ3n) is 4.36. The smallest absolute Gasteiger partial charge is 0.224 e. The van der Waals surface area contributed by atoms with E-state index in [1.54, 1.807) is 0 Å². The number of carbonyl (C=O) groups excluding carboxylic acids is 1. The van der Waals surface area contributed by atoms with Gasteiger partial charge in [0.05, 0.1) is 0 Å². The van der Waals surface area contributed by atoms with Crippen LogP contribution in [0.4, 0.5) is 5.69 Å². The zero-order valence-corrected chi connectivity index (χ0v) is 14.3. The molecular formula is C22H23NO. The molecule has 0 aliphatic rings. The Morgan fingerprint density at radius 3 is 2.38 bits per heavy atom. The molecule has 0 fully saturated rings. The SMILES string of the molecule is CC(C)c1ccc(NC(=O)CCc2cccc3ccccc23)cc1. The van der Waals surface area contributed by atoms with E-state index in [1.165, 1.54) is 21.9 Å². The largest absolute Gasteiger partial charge is 0.326 e. The van der Waals surface area contributed by atoms with Gasteiger partial charge in [-0.25, -0.2) is 0 Å². The second-order valence-corrected chi connectivity index (χ2v) is 6.46. The lowest BCUT2D eigenvalue weighted by Gasteiger charge is -2.09. The van der Waals surface area contributed by atoms with E-state index >= 15 is 0 Å². The van der Waals surface area contributed by atoms with Gasteiger partial charge in [0.1, 0.15) is 0 Å². The molecule has 0 aromatic heterocycles. The molecule has 0 aliphatic heterocycles. The summed E-state index contributed by atoms with van der Waals surface area (Å²) >= 11 is 0. The number of hydrogen-bond donors (Lipinski definition) is 1. The lowest BCUT2D eigenvalue weighted by molar-refractivity contribution is -0.116. The van der Waals surface area contributed by atoms with Crippen molar-refractivity contribution < 1.29 is 4.79 Å². The van der Waals surface area contributed by atoms with Crippen molar-refractivity contribution >= 4 is 22.4 Å². The van der Waals surface area contributed by atoms with Gasteiger partial charge in [0.25, 0.3) is 0 Å². The van der Waals surface area contributed by atoms with Crippen molar-refractivity contribution in [2.75, 3.05) is 5.32 Å². The minimum absolute atomic E-state index is 0.0558. The first-order valence-electron chi connectivity index (χ1n) is 8.50. The number of nitrogens with one attached hydrogen (secondary N) is 1. The van der Waals surface area contributed by atoms with Crippen LogP contribution in [0, 0.1) is 0 Å². The number of amides is 1. The first-order chi connectivity index (χ1) is 11.6. The van der Waals surface area contributed by atoms with Gasteiger partial charge < -0.3 is 5.32 Å². The molecule has 0 saturated heterocycles. The van der Waals surface area contributed by atoms with Gasteiger partial charge in [0.15, 0.2) is 0 Å². The Morgan fingerprint density at radius 2 is 1.62 bits per heavy atom. The van der Waals surface area contributed by atoms with E-state index in [2.05, 4.69) is 61.6 Å². The van der Waals surface area contributed by atoms with E-state index in [9.17, 15) is 4.79 Å². The third-order valence-corrected chi connectivity index (χ3v) is 4.36. The van der Waals surface area contributed by atoms with E-state index < -0.39 is 0 Å². The van der Waals surface area contributed by atoms with Crippen molar-refractivity contribution in [3.05, 3.63) is 77.9 Å². The zero-order chi connectivity index (χ0) is 16.9. The predicted octanol–water partition coefficient (Wildman–Crippen LogP) is 5.53. The fourth-order valence-corrected chi connectivity index (χ4v) is 2.93. The van der Waals surface area contributed by atoms with Crippen LogP contribution in [-0.2, 0) is 11.2 Å². The maximum absolute atomic E-state index is 12.2. The van der Waals surface area contributed by atoms with Gasteiger partial charge in [-0.05, 0) is 46.4 Å². The van der Waals surface area contributed by atoms with Gasteiger partial charge in [-0.15, -0.1) is 0 Å². The third kappa shape index (κ3) is 3.83. The van der Waals surface area contributed by atoms with E-state index in [-0.39, 0.29) is 5.91 Å². The molecule has 1 N–H and O–H groups in total. The van der Waals surface area contributed by atoms with Gasteiger partial charge in [-0.2, -0.15) is 0 Å². The molecule has 0 aliphatic carbocycles. The van der Waals surface area contributed by atoms with Crippen molar-refractivity contribution in [1.82, 2.24) is 0 Å². The Bertz CT molecular complexity index is 829. The first kappa shape index (κ1) is 16.3. The molecule has 0 atom stereocenters. The monoisotopic (exact) mass is 317 g/mol. The topological polar surface area (TPSA) is 29.1 Å². The zero-order valence-electron chi connectivity index (χ0n) is 14.3. The number of anilines is 1. The molecule has 3 rings (SSSR count). The van der Waals surface area contributed by atoms with Crippen molar-refractivity contribution in [2.45, 2.75) is 32.6 Å². The molecule has 3 aromatic rings. The number of rotatable bonds is 5. The van der Waals surface area contributed by atoms with Gasteiger partial charge in [-0.1, -0.05) is 68.4 Å². The van der Waals surface area contributed by atoms with Crippen molar-refractivity contribution in [1.29, 1.82) is 0 Å². The number of carbonyl (C=O) groups is 1. The molecule has 0 unspecified atom stereocenters. The molecule has 0 bridgehead atoms. The van der Waals surface area contributed by atoms with Crippen LogP contribution in [-0.4, -0.2) is 5.91 Å². The Labute approximate surface area is 143 Å². The Kier molecular flexibility index (Phi) is 4.95. The molecule has 0 heterocycles. The van der Waals surface area contributed by atoms with Crippen LogP contribution in [0.15, 0.2) is 66.7 Å². The van der Waals surface area contributed by atoms with Crippen molar-refractivity contribution in [2.24, 2.45) is 0 Å². The van der Waals surface area contributed by atoms with Gasteiger partial charge >= 0.3 is 0 Å². The van der Waals surface area contributed by atoms with E-state index in [1.807, 2.05) is 24.3 Å². The lowest BCUT2D eigenvalue weighted by Crippen LogP contribution is -2.12. The Morgan fingerprint density at radius 1 is 0.917 bits per heavy atom. The van der Waals surface area contributed by atoms with E-state index in [4.69, 9.17) is 0 Å². The standard InChI is InChI=1S/C22H23NO/c1-16(2)17-10-13-20(14-11-17)23-22(24)15-12-19-8-5-7-18-6-3-4-9-21(18)19/h3-11,13-14,16H,12,15H2,1-2H3,(H,23,24). The summed E-state index contributed by atoms with van der Waals surface area (Å²) in [5.41, 5.74) is 3.37. The summed E-state index contributed by atoms with van der Waals surface area (Å²) in [5.74, 6) is 0.557. The normalized spacial score (nSPS) is 11.0. The van der Waals surface area contributed by atoms with Gasteiger partial charge in [0, 0.05) is 12.1 Å². The van der Waals surface area contributed by atoms with Crippen LogP contribution >= 0.6 is 0 Å². The second kappa shape index (κ2) is 7.31. The number of fused-ring (bicyclic) bond motifs is 1. The fraction of sp³-hybridized carbons (Fsp3) is 0.227. The van der Waals surface area contributed by atoms with E-state index in [0.717, 1.165) is 12.1 Å². The maximum atomic E-state index is 12.2. The number of hydrogen-bond acceptors (Lipinski definition) is 1. The molecule has 0 radical (unpaired) electrons. The maximum Gasteiger partial charge on any atom is 0.224 e. The quantitative estimate of drug-likeness (QED) is 0.658. The summed E-state index contributed by atoms with van der Waals surface area (Å²) in [5, 5.41) is 5.44. The van der Waals surface area contributed by atoms with Crippen LogP contribution in [0.5, 0.6) is 0 Å². The highest BCUT2D eigenvalue weighted by atomic mass is 16.1. The van der Waals surface area contributed by atoms with Gasteiger partial charge in [-0.3, -0.25) is 4.79 Å². The summed E-state index contributed by atoms with van der Waals surface area (Å²) in [6, 6.07) is 22.7. The van der Waals surface area contributed by atoms with Crippen molar-refractivity contribution in [3.8, 4) is 0 Å². The minimum atomic E-state index is 0.0558. The predicted molar refractivity (Wildman–Crippen MR) is 101 cm³/mol. The molecule has 122 valence electrons. The van der Waals surface area contributed by atoms with Crippen LogP contribution in [0.2, 0.25) is 0 Å². The summed E-state index contributed by atoms with van der Waals surface area (Å²) < 4.78 is 0. The lowest BCUT2D eigenvalue weighted by atomic mass is 10.0. The molecular weight excluding hydrogens is 294 g/mol. The van der Waals surface area contributed by atoms with E-state index in [0.29, 0.717) is 12.3 Å². The van der Waals surface area contributed by atoms with Crippen LogP contribution in [0.3, 0.4) is 0 Å². The highest BCUT2D eigenvalue weighted by Gasteiger charge is 2.06. The molecule has 2 nitrogen and oxygen atoms in total. The Hall–Kier alpha value is -2.61. The number of aryl methyl sites for hydroxylation is 1. The summed E-state index contributed by atoms with van der Waals surface area (Å²) in [6.07, 6.45) is 1.23. The molecule has 3 aromatic carbocycles. The minimum Gasteiger partial charge on any atom is -0.326 e. The summed E-state index contributed by atoms with van der Waals surface area (Å²) in [4.78, 5) is 12.2. The van der Waals surface area contributed by atoms with Crippen LogP contribution in [0.1, 0.15) is 37.3 Å². The highest BCUT2D eigenvalue weighted by molar-refractivity contribution is 5.91. The first-order valence-corrected chi connectivity index (χ1v) is 8.50. The summed E-state index contributed by atoms with van der Waals surface area (Å²) in [7, 11) is 0. The van der Waals surface area contributed by atoms with Crippen molar-refractivity contribution in [3.63, 3.8) is 0 Å². The molecule has 0 spiro atoms. The number of benzene rings is 3. The second-order valence-electron chi connectivity index (χ2n) is 6.46. The molecule has 0 saturated carbocycles. The molecule has 24 heavy (non-hydrogen) atoms. The molecule has 2 heteroatoms.